The lowest BCUT2D eigenvalue weighted by molar-refractivity contribution is 0.00791. The molecule has 3 aromatic rings. The number of nitrogens with zero attached hydrogens (tertiary/aromatic N) is 5. The van der Waals surface area contributed by atoms with Crippen molar-refractivity contribution in [1.82, 2.24) is 24.8 Å². The monoisotopic (exact) mass is 464 g/mol. The van der Waals surface area contributed by atoms with E-state index in [9.17, 15) is 8.78 Å². The molecule has 1 aliphatic heterocycles. The van der Waals surface area contributed by atoms with Crippen LogP contribution in [0, 0.1) is 11.6 Å². The highest BCUT2D eigenvalue weighted by atomic mass is 19.1. The van der Waals surface area contributed by atoms with Crippen LogP contribution in [0.3, 0.4) is 0 Å². The summed E-state index contributed by atoms with van der Waals surface area (Å²) in [6.07, 6.45) is 8.97. The van der Waals surface area contributed by atoms with Crippen LogP contribution in [0.5, 0.6) is 0 Å². The summed E-state index contributed by atoms with van der Waals surface area (Å²) in [5, 5.41) is 3.63. The van der Waals surface area contributed by atoms with Gasteiger partial charge in [0.05, 0.1) is 36.4 Å². The fraction of sp³-hybridized carbons (Fsp3) is 0.440. The Morgan fingerprint density at radius 3 is 2.59 bits per heavy atom. The molecule has 9 heteroatoms. The van der Waals surface area contributed by atoms with E-state index in [0.29, 0.717) is 29.8 Å². The number of anilines is 1. The number of pyridine rings is 2. The SMILES string of the molecule is Fc1cncc(-c2nc3c(cc2F)Cc2ncnc(NC4CCC(N5CCOCC5)CC4)c2-3)c1. The van der Waals surface area contributed by atoms with Gasteiger partial charge in [0.15, 0.2) is 0 Å². The molecule has 34 heavy (non-hydrogen) atoms. The average molecular weight is 465 g/mol. The molecule has 0 unspecified atom stereocenters. The van der Waals surface area contributed by atoms with Crippen LogP contribution in [0.15, 0.2) is 30.9 Å². The molecule has 4 heterocycles. The number of morpholine rings is 1. The maximum absolute atomic E-state index is 14.9. The second-order valence-corrected chi connectivity index (χ2v) is 9.24. The highest BCUT2D eigenvalue weighted by Gasteiger charge is 2.31. The van der Waals surface area contributed by atoms with Gasteiger partial charge in [-0.1, -0.05) is 0 Å². The first-order valence-electron chi connectivity index (χ1n) is 11.9. The van der Waals surface area contributed by atoms with Crippen molar-refractivity contribution in [3.63, 3.8) is 0 Å². The molecular formula is C25H26F2N6O. The van der Waals surface area contributed by atoms with Gasteiger partial charge in [0.2, 0.25) is 0 Å². The van der Waals surface area contributed by atoms with Gasteiger partial charge < -0.3 is 10.1 Å². The minimum Gasteiger partial charge on any atom is -0.379 e. The van der Waals surface area contributed by atoms with Gasteiger partial charge in [0.1, 0.15) is 29.5 Å². The van der Waals surface area contributed by atoms with Crippen LogP contribution < -0.4 is 5.32 Å². The Balaban J connectivity index is 1.25. The third-order valence-corrected chi connectivity index (χ3v) is 7.15. The van der Waals surface area contributed by atoms with Crippen molar-refractivity contribution in [2.75, 3.05) is 31.6 Å². The topological polar surface area (TPSA) is 76.1 Å². The zero-order chi connectivity index (χ0) is 23.1. The standard InChI is InChI=1S/C25H26F2N6O/c26-17-9-16(12-28-13-17)23-20(27)10-15-11-21-22(24(15)32-23)25(30-14-29-21)31-18-1-3-19(4-2-18)33-5-7-34-8-6-33/h9-10,12-14,18-19H,1-8,11H2,(H,29,30,31). The normalized spacial score (nSPS) is 22.3. The molecule has 0 atom stereocenters. The van der Waals surface area contributed by atoms with Gasteiger partial charge in [-0.2, -0.15) is 0 Å². The molecule has 6 rings (SSSR count). The molecule has 7 nitrogen and oxygen atoms in total. The Labute approximate surface area is 196 Å². The summed E-state index contributed by atoms with van der Waals surface area (Å²) in [4.78, 5) is 20.0. The molecule has 1 saturated carbocycles. The predicted octanol–water partition coefficient (Wildman–Crippen LogP) is 3.84. The lowest BCUT2D eigenvalue weighted by Crippen LogP contribution is -2.46. The van der Waals surface area contributed by atoms with Crippen molar-refractivity contribution in [3.05, 3.63) is 53.7 Å². The summed E-state index contributed by atoms with van der Waals surface area (Å²) < 4.78 is 34.1. The Morgan fingerprint density at radius 1 is 0.971 bits per heavy atom. The first-order valence-corrected chi connectivity index (χ1v) is 11.9. The van der Waals surface area contributed by atoms with Crippen molar-refractivity contribution in [1.29, 1.82) is 0 Å². The second-order valence-electron chi connectivity index (χ2n) is 9.24. The first-order chi connectivity index (χ1) is 16.7. The Morgan fingerprint density at radius 2 is 1.79 bits per heavy atom. The molecule has 2 aliphatic carbocycles. The highest BCUT2D eigenvalue weighted by molar-refractivity contribution is 5.83. The third kappa shape index (κ3) is 4.03. The maximum Gasteiger partial charge on any atom is 0.149 e. The fourth-order valence-corrected chi connectivity index (χ4v) is 5.44. The van der Waals surface area contributed by atoms with Crippen molar-refractivity contribution in [2.24, 2.45) is 0 Å². The van der Waals surface area contributed by atoms with E-state index in [4.69, 9.17) is 4.74 Å². The number of rotatable bonds is 4. The molecule has 3 aliphatic rings. The van der Waals surface area contributed by atoms with Gasteiger partial charge >= 0.3 is 0 Å². The molecule has 2 fully saturated rings. The second kappa shape index (κ2) is 8.96. The summed E-state index contributed by atoms with van der Waals surface area (Å²) in [5.74, 6) is -0.290. The van der Waals surface area contributed by atoms with Crippen molar-refractivity contribution in [2.45, 2.75) is 44.2 Å². The number of fused-ring (bicyclic) bond motifs is 3. The van der Waals surface area contributed by atoms with Crippen LogP contribution in [0.2, 0.25) is 0 Å². The fourth-order valence-electron chi connectivity index (χ4n) is 5.44. The quantitative estimate of drug-likeness (QED) is 0.492. The minimum absolute atomic E-state index is 0.0828. The zero-order valence-electron chi connectivity index (χ0n) is 18.8. The lowest BCUT2D eigenvalue weighted by Gasteiger charge is -2.39. The number of hydrogen-bond donors (Lipinski definition) is 1. The molecule has 0 aromatic carbocycles. The van der Waals surface area contributed by atoms with Crippen LogP contribution in [0.1, 0.15) is 36.9 Å². The number of nitrogens with one attached hydrogen (secondary N) is 1. The molecular weight excluding hydrogens is 438 g/mol. The van der Waals surface area contributed by atoms with E-state index in [0.717, 1.165) is 80.8 Å². The molecule has 1 saturated heterocycles. The van der Waals surface area contributed by atoms with Gasteiger partial charge in [-0.25, -0.2) is 23.7 Å². The van der Waals surface area contributed by atoms with E-state index in [1.54, 1.807) is 6.33 Å². The number of hydrogen-bond acceptors (Lipinski definition) is 7. The van der Waals surface area contributed by atoms with Crippen LogP contribution in [-0.2, 0) is 11.2 Å². The number of halogens is 2. The summed E-state index contributed by atoms with van der Waals surface area (Å²) in [6.45, 7) is 3.69. The first kappa shape index (κ1) is 21.5. The molecule has 0 amide bonds. The van der Waals surface area contributed by atoms with Gasteiger partial charge in [0.25, 0.3) is 0 Å². The van der Waals surface area contributed by atoms with Crippen molar-refractivity contribution < 1.29 is 13.5 Å². The molecule has 176 valence electrons. The lowest BCUT2D eigenvalue weighted by atomic mass is 9.90. The van der Waals surface area contributed by atoms with Crippen LogP contribution >= 0.6 is 0 Å². The van der Waals surface area contributed by atoms with E-state index < -0.39 is 11.6 Å². The van der Waals surface area contributed by atoms with Crippen LogP contribution in [0.25, 0.3) is 22.5 Å². The molecule has 3 aromatic heterocycles. The van der Waals surface area contributed by atoms with Gasteiger partial charge in [-0.3, -0.25) is 9.88 Å². The highest BCUT2D eigenvalue weighted by Crippen LogP contribution is 2.41. The van der Waals surface area contributed by atoms with E-state index in [2.05, 4.69) is 30.2 Å². The van der Waals surface area contributed by atoms with Gasteiger partial charge in [-0.05, 0) is 43.4 Å². The van der Waals surface area contributed by atoms with Crippen molar-refractivity contribution in [3.8, 4) is 22.5 Å². The Kier molecular flexibility index (Phi) is 5.66. The number of aromatic nitrogens is 4. The molecule has 0 bridgehead atoms. The van der Waals surface area contributed by atoms with Crippen molar-refractivity contribution >= 4 is 5.82 Å². The molecule has 0 spiro atoms. The predicted molar refractivity (Wildman–Crippen MR) is 123 cm³/mol. The smallest absolute Gasteiger partial charge is 0.149 e. The maximum atomic E-state index is 14.9. The van der Waals surface area contributed by atoms with E-state index in [1.165, 1.54) is 18.3 Å². The summed E-state index contributed by atoms with van der Waals surface area (Å²) in [5.41, 5.74) is 3.45. The number of ether oxygens (including phenoxy) is 1. The van der Waals surface area contributed by atoms with E-state index in [1.807, 2.05) is 0 Å². The van der Waals surface area contributed by atoms with Crippen LogP contribution in [-0.4, -0.2) is 63.2 Å². The van der Waals surface area contributed by atoms with Gasteiger partial charge in [-0.15, -0.1) is 0 Å². The molecule has 1 N–H and O–H groups in total. The summed E-state index contributed by atoms with van der Waals surface area (Å²) >= 11 is 0. The van der Waals surface area contributed by atoms with E-state index in [-0.39, 0.29) is 5.69 Å². The molecule has 0 radical (unpaired) electrons. The summed E-state index contributed by atoms with van der Waals surface area (Å²) in [6, 6.07) is 3.65. The van der Waals surface area contributed by atoms with E-state index >= 15 is 0 Å². The van der Waals surface area contributed by atoms with Gasteiger partial charge in [0, 0.05) is 43.4 Å². The van der Waals surface area contributed by atoms with Crippen LogP contribution in [0.4, 0.5) is 14.6 Å². The minimum atomic E-state index is -0.530. The summed E-state index contributed by atoms with van der Waals surface area (Å²) in [7, 11) is 0. The zero-order valence-corrected chi connectivity index (χ0v) is 18.8. The Bertz CT molecular complexity index is 1210. The third-order valence-electron chi connectivity index (χ3n) is 7.15. The largest absolute Gasteiger partial charge is 0.379 e. The Hall–Kier alpha value is -3.04. The average Bonchev–Trinajstić information content (AvgIpc) is 3.22.